The van der Waals surface area contributed by atoms with Gasteiger partial charge in [-0.05, 0) is 42.5 Å². The Kier molecular flexibility index (Phi) is 5.88. The van der Waals surface area contributed by atoms with Gasteiger partial charge in [-0.1, -0.05) is 25.3 Å². The van der Waals surface area contributed by atoms with Crippen molar-refractivity contribution in [3.8, 4) is 11.3 Å². The van der Waals surface area contributed by atoms with Crippen molar-refractivity contribution in [2.45, 2.75) is 38.0 Å². The van der Waals surface area contributed by atoms with Gasteiger partial charge in [-0.2, -0.15) is 0 Å². The molecule has 0 radical (unpaired) electrons. The van der Waals surface area contributed by atoms with Crippen molar-refractivity contribution < 1.29 is 18.0 Å². The van der Waals surface area contributed by atoms with E-state index in [1.54, 1.807) is 12.4 Å². The summed E-state index contributed by atoms with van der Waals surface area (Å²) >= 11 is 0. The van der Waals surface area contributed by atoms with Crippen LogP contribution in [0.4, 0.5) is 24.5 Å². The van der Waals surface area contributed by atoms with Gasteiger partial charge in [-0.15, -0.1) is 0 Å². The second kappa shape index (κ2) is 8.75. The Morgan fingerprint density at radius 1 is 1.03 bits per heavy atom. The van der Waals surface area contributed by atoms with Crippen molar-refractivity contribution in [1.29, 1.82) is 0 Å². The maximum absolute atomic E-state index is 14.5. The number of nitrogens with two attached hydrogens (primary N) is 1. The Balaban J connectivity index is 1.69. The maximum Gasteiger partial charge on any atom is 0.276 e. The largest absolute Gasteiger partial charge is 0.397 e. The topological polar surface area (TPSA) is 80.9 Å². The quantitative estimate of drug-likeness (QED) is 0.582. The van der Waals surface area contributed by atoms with E-state index in [4.69, 9.17) is 5.73 Å². The number of aromatic nitrogens is 2. The molecule has 0 unspecified atom stereocenters. The number of nitrogen functional groups attached to an aromatic ring is 1. The maximum atomic E-state index is 14.5. The normalized spacial score (nSPS) is 14.4. The molecule has 0 atom stereocenters. The highest BCUT2D eigenvalue weighted by Gasteiger charge is 2.24. The number of anilines is 2. The van der Waals surface area contributed by atoms with E-state index in [1.165, 1.54) is 6.42 Å². The Hall–Kier alpha value is -3.42. The molecule has 0 bridgehead atoms. The van der Waals surface area contributed by atoms with E-state index in [0.29, 0.717) is 11.6 Å². The minimum atomic E-state index is -1.03. The number of benzene rings is 1. The van der Waals surface area contributed by atoms with E-state index < -0.39 is 34.6 Å². The molecule has 0 spiro atoms. The molecule has 3 aromatic rings. The van der Waals surface area contributed by atoms with E-state index in [1.807, 2.05) is 6.07 Å². The highest BCUT2D eigenvalue weighted by molar-refractivity contribution is 6.06. The third kappa shape index (κ3) is 4.23. The van der Waals surface area contributed by atoms with Gasteiger partial charge in [0.2, 0.25) is 0 Å². The Morgan fingerprint density at radius 3 is 2.45 bits per heavy atom. The van der Waals surface area contributed by atoms with Crippen LogP contribution in [0.15, 0.2) is 42.7 Å². The lowest BCUT2D eigenvalue weighted by atomic mass is 9.84. The SMILES string of the molecule is Nc1cc(F)c(-c2c(F)cccc2F)nc1C(=O)Nc1cnccc1C1CCCCC1. The highest BCUT2D eigenvalue weighted by atomic mass is 19.1. The van der Waals surface area contributed by atoms with Gasteiger partial charge in [0, 0.05) is 12.3 Å². The van der Waals surface area contributed by atoms with Crippen molar-refractivity contribution >= 4 is 17.3 Å². The second-order valence-corrected chi connectivity index (χ2v) is 7.61. The number of hydrogen-bond acceptors (Lipinski definition) is 4. The summed E-state index contributed by atoms with van der Waals surface area (Å²) in [5.74, 6) is -3.42. The molecule has 1 amide bonds. The van der Waals surface area contributed by atoms with Crippen LogP contribution in [0.25, 0.3) is 11.3 Å². The zero-order chi connectivity index (χ0) is 22.0. The van der Waals surface area contributed by atoms with Crippen molar-refractivity contribution in [1.82, 2.24) is 9.97 Å². The molecular weight excluding hydrogens is 405 g/mol. The van der Waals surface area contributed by atoms with Gasteiger partial charge in [0.05, 0.1) is 23.1 Å². The number of carbonyl (C=O) groups is 1. The molecule has 2 aromatic heterocycles. The molecular formula is C23H21F3N4O. The van der Waals surface area contributed by atoms with Crippen LogP contribution in [0.5, 0.6) is 0 Å². The number of carbonyl (C=O) groups excluding carboxylic acids is 1. The van der Waals surface area contributed by atoms with Gasteiger partial charge >= 0.3 is 0 Å². The van der Waals surface area contributed by atoms with Crippen molar-refractivity contribution in [3.05, 3.63) is 71.4 Å². The van der Waals surface area contributed by atoms with Crippen LogP contribution < -0.4 is 11.1 Å². The molecule has 1 aromatic carbocycles. The average molecular weight is 426 g/mol. The molecule has 1 fully saturated rings. The van der Waals surface area contributed by atoms with Gasteiger partial charge in [0.1, 0.15) is 17.3 Å². The number of hydrogen-bond donors (Lipinski definition) is 2. The molecule has 8 heteroatoms. The molecule has 1 saturated carbocycles. The van der Waals surface area contributed by atoms with Crippen LogP contribution in [0.3, 0.4) is 0 Å². The predicted octanol–water partition coefficient (Wildman–Crippen LogP) is 5.44. The van der Waals surface area contributed by atoms with Crippen LogP contribution in [-0.4, -0.2) is 15.9 Å². The number of rotatable bonds is 4. The zero-order valence-corrected chi connectivity index (χ0v) is 16.7. The molecule has 2 heterocycles. The molecule has 5 nitrogen and oxygen atoms in total. The predicted molar refractivity (Wildman–Crippen MR) is 112 cm³/mol. The molecule has 160 valence electrons. The Morgan fingerprint density at radius 2 is 1.74 bits per heavy atom. The van der Waals surface area contributed by atoms with Crippen molar-refractivity contribution in [2.24, 2.45) is 0 Å². The third-order valence-electron chi connectivity index (χ3n) is 5.57. The number of pyridine rings is 2. The van der Waals surface area contributed by atoms with E-state index >= 15 is 0 Å². The molecule has 1 aliphatic rings. The zero-order valence-electron chi connectivity index (χ0n) is 16.7. The summed E-state index contributed by atoms with van der Waals surface area (Å²) in [6.07, 6.45) is 8.66. The highest BCUT2D eigenvalue weighted by Crippen LogP contribution is 2.36. The van der Waals surface area contributed by atoms with Crippen LogP contribution >= 0.6 is 0 Å². The fourth-order valence-electron chi connectivity index (χ4n) is 4.04. The molecule has 0 saturated heterocycles. The second-order valence-electron chi connectivity index (χ2n) is 7.61. The average Bonchev–Trinajstić information content (AvgIpc) is 2.76. The lowest BCUT2D eigenvalue weighted by Gasteiger charge is -2.24. The molecule has 31 heavy (non-hydrogen) atoms. The molecule has 1 aliphatic carbocycles. The summed E-state index contributed by atoms with van der Waals surface area (Å²) in [6.45, 7) is 0. The lowest BCUT2D eigenvalue weighted by molar-refractivity contribution is 0.102. The van der Waals surface area contributed by atoms with E-state index in [-0.39, 0.29) is 11.4 Å². The minimum Gasteiger partial charge on any atom is -0.397 e. The van der Waals surface area contributed by atoms with Crippen LogP contribution in [0, 0.1) is 17.5 Å². The van der Waals surface area contributed by atoms with Gasteiger partial charge < -0.3 is 11.1 Å². The third-order valence-corrected chi connectivity index (χ3v) is 5.57. The summed E-state index contributed by atoms with van der Waals surface area (Å²) in [5, 5.41) is 2.74. The first-order valence-corrected chi connectivity index (χ1v) is 10.1. The van der Waals surface area contributed by atoms with Crippen LogP contribution in [-0.2, 0) is 0 Å². The first kappa shape index (κ1) is 20.8. The Bertz CT molecular complexity index is 1110. The number of nitrogens with one attached hydrogen (secondary N) is 1. The van der Waals surface area contributed by atoms with E-state index in [0.717, 1.165) is 55.5 Å². The summed E-state index contributed by atoms with van der Waals surface area (Å²) in [4.78, 5) is 20.9. The molecule has 4 rings (SSSR count). The first-order chi connectivity index (χ1) is 15.0. The van der Waals surface area contributed by atoms with Crippen molar-refractivity contribution in [3.63, 3.8) is 0 Å². The molecule has 0 aliphatic heterocycles. The summed E-state index contributed by atoms with van der Waals surface area (Å²) in [6, 6.07) is 5.84. The van der Waals surface area contributed by atoms with Crippen molar-refractivity contribution in [2.75, 3.05) is 11.1 Å². The molecule has 3 N–H and O–H groups in total. The smallest absolute Gasteiger partial charge is 0.276 e. The monoisotopic (exact) mass is 426 g/mol. The summed E-state index contributed by atoms with van der Waals surface area (Å²) < 4.78 is 42.8. The summed E-state index contributed by atoms with van der Waals surface area (Å²) in [7, 11) is 0. The number of amides is 1. The van der Waals surface area contributed by atoms with Crippen LogP contribution in [0.2, 0.25) is 0 Å². The number of halogens is 3. The van der Waals surface area contributed by atoms with Gasteiger partial charge in [0.15, 0.2) is 11.5 Å². The van der Waals surface area contributed by atoms with E-state index in [9.17, 15) is 18.0 Å². The van der Waals surface area contributed by atoms with Crippen LogP contribution in [0.1, 0.15) is 54.1 Å². The van der Waals surface area contributed by atoms with Gasteiger partial charge in [-0.3, -0.25) is 9.78 Å². The fourth-order valence-corrected chi connectivity index (χ4v) is 4.04. The first-order valence-electron chi connectivity index (χ1n) is 10.1. The Labute approximate surface area is 177 Å². The summed E-state index contributed by atoms with van der Waals surface area (Å²) in [5.41, 5.74) is 5.46. The van der Waals surface area contributed by atoms with Gasteiger partial charge in [-0.25, -0.2) is 18.2 Å². The fraction of sp³-hybridized carbons (Fsp3) is 0.261. The lowest BCUT2D eigenvalue weighted by Crippen LogP contribution is -2.19. The minimum absolute atomic E-state index is 0.237. The number of nitrogens with zero attached hydrogens (tertiary/aromatic N) is 2. The van der Waals surface area contributed by atoms with Gasteiger partial charge in [0.25, 0.3) is 5.91 Å². The van der Waals surface area contributed by atoms with E-state index in [2.05, 4.69) is 15.3 Å². The standard InChI is InChI=1S/C23H21F3N4O/c24-15-7-4-8-16(25)20(15)21-17(26)11-18(27)22(30-21)23(31)29-19-12-28-10-9-14(19)13-5-2-1-3-6-13/h4,7-13H,1-3,5-6,27H2,(H,29,31).